The van der Waals surface area contributed by atoms with E-state index in [4.69, 9.17) is 0 Å². The third kappa shape index (κ3) is 6.70. The first-order valence-corrected chi connectivity index (χ1v) is 8.56. The fourth-order valence-corrected chi connectivity index (χ4v) is 3.06. The van der Waals surface area contributed by atoms with E-state index in [0.29, 0.717) is 5.75 Å². The lowest BCUT2D eigenvalue weighted by atomic mass is 10.1. The molecule has 0 aliphatic rings. The van der Waals surface area contributed by atoms with Crippen molar-refractivity contribution in [3.63, 3.8) is 0 Å². The molecule has 1 aromatic heterocycles. The number of aryl methyl sites for hydroxylation is 1. The number of nitrogens with one attached hydrogen (secondary N) is 1. The van der Waals surface area contributed by atoms with E-state index in [1.54, 1.807) is 0 Å². The van der Waals surface area contributed by atoms with E-state index in [9.17, 15) is 4.55 Å². The summed E-state index contributed by atoms with van der Waals surface area (Å²) in [7, 11) is 4.10. The number of nitrogens with zero attached hydrogens (tertiary/aromatic N) is 2. The first-order valence-electron chi connectivity index (χ1n) is 7.24. The van der Waals surface area contributed by atoms with E-state index in [0.717, 1.165) is 37.1 Å². The zero-order valence-corrected chi connectivity index (χ0v) is 13.9. The van der Waals surface area contributed by atoms with Crippen LogP contribution in [0, 0.1) is 6.92 Å². The number of rotatable bonds is 9. The van der Waals surface area contributed by atoms with Gasteiger partial charge in [-0.05, 0) is 52.0 Å². The summed E-state index contributed by atoms with van der Waals surface area (Å²) in [4.78, 5) is 6.61. The number of unbranched alkanes of at least 4 members (excludes halogenated alkanes) is 1. The molecule has 1 rings (SSSR count). The Morgan fingerprint density at radius 2 is 2.15 bits per heavy atom. The molecular formula is C15H27N3OS. The molecule has 0 saturated heterocycles. The summed E-state index contributed by atoms with van der Waals surface area (Å²) in [6, 6.07) is 4.14. The highest BCUT2D eigenvalue weighted by Gasteiger charge is 2.19. The van der Waals surface area contributed by atoms with Crippen molar-refractivity contribution < 1.29 is 4.55 Å². The van der Waals surface area contributed by atoms with Crippen molar-refractivity contribution in [2.45, 2.75) is 39.2 Å². The van der Waals surface area contributed by atoms with Crippen molar-refractivity contribution in [2.75, 3.05) is 26.4 Å². The van der Waals surface area contributed by atoms with E-state index in [-0.39, 0.29) is 6.04 Å². The van der Waals surface area contributed by atoms with E-state index < -0.39 is 11.4 Å². The summed E-state index contributed by atoms with van der Waals surface area (Å²) in [5, 5.41) is 0. The van der Waals surface area contributed by atoms with Crippen LogP contribution >= 0.6 is 0 Å². The van der Waals surface area contributed by atoms with Gasteiger partial charge in [-0.2, -0.15) is 0 Å². The smallest absolute Gasteiger partial charge is 0.125 e. The van der Waals surface area contributed by atoms with Crippen LogP contribution in [0.3, 0.4) is 0 Å². The van der Waals surface area contributed by atoms with Gasteiger partial charge in [0.1, 0.15) is 5.75 Å². The maximum Gasteiger partial charge on any atom is 0.125 e. The Labute approximate surface area is 126 Å². The van der Waals surface area contributed by atoms with Crippen molar-refractivity contribution in [1.29, 1.82) is 0 Å². The highest BCUT2D eigenvalue weighted by molar-refractivity contribution is 7.89. The van der Waals surface area contributed by atoms with Crippen molar-refractivity contribution in [1.82, 2.24) is 14.6 Å². The predicted octanol–water partition coefficient (Wildman–Crippen LogP) is 2.44. The van der Waals surface area contributed by atoms with Crippen LogP contribution in [0.5, 0.6) is 0 Å². The van der Waals surface area contributed by atoms with Gasteiger partial charge in [0.2, 0.25) is 0 Å². The molecule has 4 nitrogen and oxygen atoms in total. The van der Waals surface area contributed by atoms with Crippen LogP contribution in [-0.2, 0) is 11.4 Å². The van der Waals surface area contributed by atoms with Gasteiger partial charge in [0.25, 0.3) is 0 Å². The zero-order valence-electron chi connectivity index (χ0n) is 13.1. The van der Waals surface area contributed by atoms with Crippen molar-refractivity contribution in [3.8, 4) is 0 Å². The Morgan fingerprint density at radius 1 is 1.40 bits per heavy atom. The zero-order chi connectivity index (χ0) is 15.0. The van der Waals surface area contributed by atoms with Gasteiger partial charge in [0.05, 0.1) is 11.7 Å². The minimum Gasteiger partial charge on any atom is -0.598 e. The van der Waals surface area contributed by atoms with Gasteiger partial charge < -0.3 is 9.45 Å². The van der Waals surface area contributed by atoms with Crippen LogP contribution in [0.4, 0.5) is 0 Å². The lowest BCUT2D eigenvalue weighted by Gasteiger charge is -2.21. The highest BCUT2D eigenvalue weighted by Crippen LogP contribution is 2.17. The Bertz CT molecular complexity index is 370. The van der Waals surface area contributed by atoms with Gasteiger partial charge in [-0.3, -0.25) is 4.98 Å². The Balaban J connectivity index is 2.66. The van der Waals surface area contributed by atoms with E-state index in [1.807, 2.05) is 33.3 Å². The summed E-state index contributed by atoms with van der Waals surface area (Å²) >= 11 is -0.979. The molecule has 0 amide bonds. The SMILES string of the molecule is CCCC[S+]([O-])NC(CCN(C)C)c1ccc(C)cn1. The Hall–Kier alpha value is -0.620. The van der Waals surface area contributed by atoms with E-state index in [2.05, 4.69) is 27.6 Å². The lowest BCUT2D eigenvalue weighted by molar-refractivity contribution is 0.372. The minimum absolute atomic E-state index is 0.0516. The van der Waals surface area contributed by atoms with Crippen molar-refractivity contribution in [3.05, 3.63) is 29.6 Å². The number of aromatic nitrogens is 1. The number of hydrogen-bond acceptors (Lipinski definition) is 4. The summed E-state index contributed by atoms with van der Waals surface area (Å²) in [5.74, 6) is 0.709. The van der Waals surface area contributed by atoms with Crippen LogP contribution in [0.1, 0.15) is 43.5 Å². The van der Waals surface area contributed by atoms with Gasteiger partial charge >= 0.3 is 0 Å². The summed E-state index contributed by atoms with van der Waals surface area (Å²) in [6.07, 6.45) is 4.83. The normalized spacial score (nSPS) is 14.5. The molecular weight excluding hydrogens is 270 g/mol. The summed E-state index contributed by atoms with van der Waals surface area (Å²) in [5.41, 5.74) is 2.12. The van der Waals surface area contributed by atoms with Crippen molar-refractivity contribution >= 4 is 11.4 Å². The van der Waals surface area contributed by atoms with E-state index >= 15 is 0 Å². The molecule has 0 radical (unpaired) electrons. The largest absolute Gasteiger partial charge is 0.598 e. The van der Waals surface area contributed by atoms with Gasteiger partial charge in [-0.1, -0.05) is 19.4 Å². The molecule has 0 aliphatic carbocycles. The standard InChI is InChI=1S/C15H27N3OS/c1-5-6-11-20(19)17-15(9-10-18(3)4)14-8-7-13(2)12-16-14/h7-8,12,15,17H,5-6,9-11H2,1-4H3. The third-order valence-electron chi connectivity index (χ3n) is 3.11. The Morgan fingerprint density at radius 3 is 2.70 bits per heavy atom. The second kappa shape index (κ2) is 9.34. The maximum absolute atomic E-state index is 12.1. The Kier molecular flexibility index (Phi) is 8.14. The first-order chi connectivity index (χ1) is 9.52. The maximum atomic E-state index is 12.1. The second-order valence-electron chi connectivity index (χ2n) is 5.43. The third-order valence-corrected chi connectivity index (χ3v) is 4.32. The molecule has 0 aliphatic heterocycles. The molecule has 0 saturated carbocycles. The average molecular weight is 297 g/mol. The van der Waals surface area contributed by atoms with Crippen LogP contribution in [0.25, 0.3) is 0 Å². The van der Waals surface area contributed by atoms with Crippen LogP contribution < -0.4 is 4.72 Å². The van der Waals surface area contributed by atoms with Gasteiger partial charge in [-0.25, -0.2) is 0 Å². The summed E-state index contributed by atoms with van der Waals surface area (Å²) in [6.45, 7) is 5.08. The molecule has 20 heavy (non-hydrogen) atoms. The molecule has 114 valence electrons. The molecule has 2 atom stereocenters. The fourth-order valence-electron chi connectivity index (χ4n) is 1.83. The quantitative estimate of drug-likeness (QED) is 0.711. The topological polar surface area (TPSA) is 51.2 Å². The van der Waals surface area contributed by atoms with Gasteiger partial charge in [0, 0.05) is 17.6 Å². The molecule has 2 unspecified atom stereocenters. The van der Waals surface area contributed by atoms with Crippen LogP contribution in [0.15, 0.2) is 18.3 Å². The number of pyridine rings is 1. The highest BCUT2D eigenvalue weighted by atomic mass is 32.2. The fraction of sp³-hybridized carbons (Fsp3) is 0.667. The summed E-state index contributed by atoms with van der Waals surface area (Å²) < 4.78 is 15.3. The molecule has 1 N–H and O–H groups in total. The predicted molar refractivity (Wildman–Crippen MR) is 85.9 cm³/mol. The molecule has 5 heteroatoms. The molecule has 1 heterocycles. The lowest BCUT2D eigenvalue weighted by Crippen LogP contribution is -2.33. The van der Waals surface area contributed by atoms with Crippen LogP contribution in [0.2, 0.25) is 0 Å². The van der Waals surface area contributed by atoms with Gasteiger partial charge in [-0.15, -0.1) is 4.72 Å². The molecule has 0 bridgehead atoms. The molecule has 1 aromatic rings. The van der Waals surface area contributed by atoms with E-state index in [1.165, 1.54) is 0 Å². The van der Waals surface area contributed by atoms with Gasteiger partial charge in [0.15, 0.2) is 0 Å². The molecule has 0 spiro atoms. The molecule has 0 aromatic carbocycles. The number of hydrogen-bond donors (Lipinski definition) is 1. The molecule has 0 fully saturated rings. The minimum atomic E-state index is -0.979. The van der Waals surface area contributed by atoms with Crippen molar-refractivity contribution in [2.24, 2.45) is 0 Å². The monoisotopic (exact) mass is 297 g/mol. The first kappa shape index (κ1) is 17.4. The van der Waals surface area contributed by atoms with Crippen LogP contribution in [-0.4, -0.2) is 40.8 Å². The second-order valence-corrected chi connectivity index (χ2v) is 6.76. The average Bonchev–Trinajstić information content (AvgIpc) is 2.42.